The van der Waals surface area contributed by atoms with E-state index in [-0.39, 0.29) is 11.9 Å². The Hall–Kier alpha value is -2.21. The van der Waals surface area contributed by atoms with Crippen LogP contribution in [0.3, 0.4) is 0 Å². The van der Waals surface area contributed by atoms with E-state index in [0.29, 0.717) is 6.42 Å². The molecule has 2 aromatic rings. The van der Waals surface area contributed by atoms with E-state index in [0.717, 1.165) is 63.1 Å². The third-order valence-corrected chi connectivity index (χ3v) is 5.71. The number of carbonyl (C=O) groups excluding carboxylic acids is 1. The minimum absolute atomic E-state index is 0.146. The summed E-state index contributed by atoms with van der Waals surface area (Å²) in [5, 5.41) is 10.9. The van der Waals surface area contributed by atoms with Crippen molar-refractivity contribution in [3.05, 3.63) is 47.0 Å². The summed E-state index contributed by atoms with van der Waals surface area (Å²) < 4.78 is 0. The highest BCUT2D eigenvalue weighted by Gasteiger charge is 2.22. The van der Waals surface area contributed by atoms with Crippen LogP contribution in [0, 0.1) is 0 Å². The van der Waals surface area contributed by atoms with E-state index >= 15 is 0 Å². The second-order valence-corrected chi connectivity index (χ2v) is 7.80. The van der Waals surface area contributed by atoms with Crippen LogP contribution in [0.4, 0.5) is 0 Å². The Morgan fingerprint density at radius 2 is 2.19 bits per heavy atom. The van der Waals surface area contributed by atoms with Crippen molar-refractivity contribution in [1.82, 2.24) is 25.4 Å². The topological polar surface area (TPSA) is 73.9 Å². The Bertz CT molecular complexity index is 757. The molecule has 1 fully saturated rings. The third-order valence-electron chi connectivity index (χ3n) is 5.71. The van der Waals surface area contributed by atoms with Crippen LogP contribution in [0.15, 0.2) is 24.4 Å². The van der Waals surface area contributed by atoms with Gasteiger partial charge >= 0.3 is 0 Å². The number of aromatic nitrogens is 3. The van der Waals surface area contributed by atoms with E-state index in [9.17, 15) is 4.79 Å². The average Bonchev–Trinajstić information content (AvgIpc) is 3.11. The lowest BCUT2D eigenvalue weighted by Gasteiger charge is -2.32. The number of likely N-dealkylation sites (tertiary alicyclic amines) is 1. The van der Waals surface area contributed by atoms with Gasteiger partial charge < -0.3 is 5.32 Å². The summed E-state index contributed by atoms with van der Waals surface area (Å²) in [5.74, 6) is 0.146. The molecular weight excluding hydrogens is 338 g/mol. The fourth-order valence-electron chi connectivity index (χ4n) is 4.33. The monoisotopic (exact) mass is 367 g/mol. The van der Waals surface area contributed by atoms with Crippen LogP contribution in [-0.2, 0) is 30.6 Å². The van der Waals surface area contributed by atoms with E-state index in [1.54, 1.807) is 0 Å². The van der Waals surface area contributed by atoms with Gasteiger partial charge in [-0.1, -0.05) is 6.07 Å². The largest absolute Gasteiger partial charge is 0.352 e. The number of aromatic amines is 1. The first-order valence-corrected chi connectivity index (χ1v) is 10.2. The fourth-order valence-corrected chi connectivity index (χ4v) is 4.33. The van der Waals surface area contributed by atoms with Crippen molar-refractivity contribution in [2.45, 2.75) is 64.0 Å². The highest BCUT2D eigenvalue weighted by molar-refractivity contribution is 5.76. The van der Waals surface area contributed by atoms with Crippen LogP contribution in [0.1, 0.15) is 54.7 Å². The number of carbonyl (C=O) groups is 1. The first kappa shape index (κ1) is 18.2. The maximum Gasteiger partial charge on any atom is 0.220 e. The molecule has 0 aromatic carbocycles. The van der Waals surface area contributed by atoms with Gasteiger partial charge in [-0.15, -0.1) is 0 Å². The standard InChI is InChI=1S/C21H29N5O/c27-21(11-10-20-18-8-1-2-9-19(18)24-25-20)23-17-7-5-13-26(15-17)14-16-6-3-4-12-22-16/h3-4,6,12,17H,1-2,5,7-11,13-15H2,(H,23,27)(H,24,25)/t17-/m1/s1. The van der Waals surface area contributed by atoms with Gasteiger partial charge in [-0.05, 0) is 62.8 Å². The van der Waals surface area contributed by atoms with Gasteiger partial charge in [0.15, 0.2) is 0 Å². The zero-order valence-electron chi connectivity index (χ0n) is 15.9. The molecular formula is C21H29N5O. The van der Waals surface area contributed by atoms with Crippen LogP contribution in [0.5, 0.6) is 0 Å². The Morgan fingerprint density at radius 3 is 3.07 bits per heavy atom. The predicted molar refractivity (Wildman–Crippen MR) is 104 cm³/mol. The maximum absolute atomic E-state index is 12.5. The number of aryl methyl sites for hydroxylation is 2. The van der Waals surface area contributed by atoms with Crippen molar-refractivity contribution in [3.63, 3.8) is 0 Å². The van der Waals surface area contributed by atoms with Gasteiger partial charge in [-0.25, -0.2) is 0 Å². The van der Waals surface area contributed by atoms with Gasteiger partial charge in [0.2, 0.25) is 5.91 Å². The van der Waals surface area contributed by atoms with E-state index in [1.807, 2.05) is 18.3 Å². The molecule has 1 amide bonds. The highest BCUT2D eigenvalue weighted by atomic mass is 16.1. The smallest absolute Gasteiger partial charge is 0.220 e. The minimum Gasteiger partial charge on any atom is -0.352 e. The zero-order valence-corrected chi connectivity index (χ0v) is 15.9. The second kappa shape index (κ2) is 8.65. The number of amides is 1. The van der Waals surface area contributed by atoms with Crippen molar-refractivity contribution >= 4 is 5.91 Å². The van der Waals surface area contributed by atoms with Crippen molar-refractivity contribution in [2.75, 3.05) is 13.1 Å². The van der Waals surface area contributed by atoms with Crippen molar-refractivity contribution < 1.29 is 4.79 Å². The van der Waals surface area contributed by atoms with Crippen molar-refractivity contribution in [2.24, 2.45) is 0 Å². The number of piperidine rings is 1. The predicted octanol–water partition coefficient (Wildman–Crippen LogP) is 2.40. The summed E-state index contributed by atoms with van der Waals surface area (Å²) in [5.41, 5.74) is 4.84. The maximum atomic E-state index is 12.5. The number of nitrogens with zero attached hydrogens (tertiary/aromatic N) is 3. The Kier molecular flexibility index (Phi) is 5.82. The van der Waals surface area contributed by atoms with E-state index in [2.05, 4.69) is 31.5 Å². The molecule has 0 saturated carbocycles. The molecule has 2 aliphatic rings. The fraction of sp³-hybridized carbons (Fsp3) is 0.571. The number of pyridine rings is 1. The summed E-state index contributed by atoms with van der Waals surface area (Å²) in [7, 11) is 0. The molecule has 0 spiro atoms. The van der Waals surface area contributed by atoms with Crippen LogP contribution < -0.4 is 5.32 Å². The molecule has 1 aliphatic carbocycles. The minimum atomic E-state index is 0.146. The molecule has 1 aliphatic heterocycles. The Labute approximate surface area is 160 Å². The molecule has 6 heteroatoms. The van der Waals surface area contributed by atoms with E-state index in [1.165, 1.54) is 24.1 Å². The van der Waals surface area contributed by atoms with Gasteiger partial charge in [0.05, 0.1) is 11.4 Å². The molecule has 0 bridgehead atoms. The molecule has 144 valence electrons. The van der Waals surface area contributed by atoms with Gasteiger partial charge in [0, 0.05) is 43.9 Å². The first-order chi connectivity index (χ1) is 13.3. The molecule has 0 unspecified atom stereocenters. The van der Waals surface area contributed by atoms with Gasteiger partial charge in [0.25, 0.3) is 0 Å². The second-order valence-electron chi connectivity index (χ2n) is 7.80. The van der Waals surface area contributed by atoms with Crippen LogP contribution in [0.25, 0.3) is 0 Å². The highest BCUT2D eigenvalue weighted by Crippen LogP contribution is 2.23. The summed E-state index contributed by atoms with van der Waals surface area (Å²) in [4.78, 5) is 19.3. The number of rotatable bonds is 6. The first-order valence-electron chi connectivity index (χ1n) is 10.2. The quantitative estimate of drug-likeness (QED) is 0.822. The van der Waals surface area contributed by atoms with E-state index < -0.39 is 0 Å². The molecule has 27 heavy (non-hydrogen) atoms. The van der Waals surface area contributed by atoms with Crippen LogP contribution in [-0.4, -0.2) is 45.1 Å². The number of H-pyrrole nitrogens is 1. The number of hydrogen-bond acceptors (Lipinski definition) is 4. The number of hydrogen-bond donors (Lipinski definition) is 2. The molecule has 1 saturated heterocycles. The molecule has 6 nitrogen and oxygen atoms in total. The lowest BCUT2D eigenvalue weighted by molar-refractivity contribution is -0.122. The van der Waals surface area contributed by atoms with Crippen molar-refractivity contribution in [1.29, 1.82) is 0 Å². The third kappa shape index (κ3) is 4.75. The number of fused-ring (bicyclic) bond motifs is 1. The summed E-state index contributed by atoms with van der Waals surface area (Å²) >= 11 is 0. The van der Waals surface area contributed by atoms with Gasteiger partial charge in [-0.3, -0.25) is 19.8 Å². The average molecular weight is 367 g/mol. The summed E-state index contributed by atoms with van der Waals surface area (Å²) in [6.45, 7) is 2.83. The molecule has 4 rings (SSSR count). The summed E-state index contributed by atoms with van der Waals surface area (Å²) in [6.07, 6.45) is 9.96. The van der Waals surface area contributed by atoms with Crippen LogP contribution >= 0.6 is 0 Å². The van der Waals surface area contributed by atoms with Gasteiger partial charge in [-0.2, -0.15) is 5.10 Å². The van der Waals surface area contributed by atoms with Gasteiger partial charge in [0.1, 0.15) is 0 Å². The normalized spacial score (nSPS) is 20.2. The lowest BCUT2D eigenvalue weighted by atomic mass is 9.94. The van der Waals surface area contributed by atoms with Crippen LogP contribution in [0.2, 0.25) is 0 Å². The van der Waals surface area contributed by atoms with E-state index in [4.69, 9.17) is 0 Å². The molecule has 2 aromatic heterocycles. The number of nitrogens with one attached hydrogen (secondary N) is 2. The molecule has 2 N–H and O–H groups in total. The van der Waals surface area contributed by atoms with Crippen molar-refractivity contribution in [3.8, 4) is 0 Å². The molecule has 3 heterocycles. The zero-order chi connectivity index (χ0) is 18.5. The Morgan fingerprint density at radius 1 is 1.26 bits per heavy atom. The molecule has 0 radical (unpaired) electrons. The molecule has 1 atom stereocenters. The SMILES string of the molecule is O=C(CCc1n[nH]c2c1CCCC2)N[C@@H]1CCCN(Cc2ccccn2)C1. The summed E-state index contributed by atoms with van der Waals surface area (Å²) in [6, 6.07) is 6.27. The lowest BCUT2D eigenvalue weighted by Crippen LogP contribution is -2.47. The Balaban J connectivity index is 1.25.